The lowest BCUT2D eigenvalue weighted by atomic mass is 10.2. The largest absolute Gasteiger partial charge is 0.465 e. The van der Waals surface area contributed by atoms with Gasteiger partial charge in [-0.15, -0.1) is 0 Å². The van der Waals surface area contributed by atoms with E-state index in [-0.39, 0.29) is 5.97 Å². The minimum absolute atomic E-state index is 0.326. The average Bonchev–Trinajstić information content (AvgIpc) is 2.59. The molecular formula is C10H10N2O2. The summed E-state index contributed by atoms with van der Waals surface area (Å²) in [4.78, 5) is 15.4. The van der Waals surface area contributed by atoms with Crippen LogP contribution < -0.4 is 0 Å². The van der Waals surface area contributed by atoms with Crippen molar-refractivity contribution in [3.05, 3.63) is 35.9 Å². The van der Waals surface area contributed by atoms with E-state index < -0.39 is 0 Å². The number of imidazole rings is 1. The van der Waals surface area contributed by atoms with Gasteiger partial charge in [0.25, 0.3) is 0 Å². The molecule has 4 nitrogen and oxygen atoms in total. The van der Waals surface area contributed by atoms with Gasteiger partial charge in [-0.05, 0) is 19.1 Å². The molecule has 0 saturated carbocycles. The molecule has 0 aliphatic rings. The van der Waals surface area contributed by atoms with Crippen LogP contribution in [-0.4, -0.2) is 22.5 Å². The maximum Gasteiger partial charge on any atom is 0.337 e. The van der Waals surface area contributed by atoms with Gasteiger partial charge in [-0.25, -0.2) is 9.78 Å². The number of fused-ring (bicyclic) bond motifs is 1. The van der Waals surface area contributed by atoms with Crippen molar-refractivity contribution in [2.45, 2.75) is 6.92 Å². The van der Waals surface area contributed by atoms with Crippen molar-refractivity contribution < 1.29 is 9.53 Å². The first-order valence-corrected chi connectivity index (χ1v) is 4.24. The summed E-state index contributed by atoms with van der Waals surface area (Å²) in [6.45, 7) is 1.90. The number of nitrogens with zero attached hydrogens (tertiary/aromatic N) is 2. The lowest BCUT2D eigenvalue weighted by Gasteiger charge is -2.00. The van der Waals surface area contributed by atoms with Gasteiger partial charge in [-0.3, -0.25) is 0 Å². The van der Waals surface area contributed by atoms with Gasteiger partial charge in [0.15, 0.2) is 0 Å². The smallest absolute Gasteiger partial charge is 0.337 e. The molecule has 0 spiro atoms. The number of rotatable bonds is 1. The Morgan fingerprint density at radius 2 is 2.36 bits per heavy atom. The standard InChI is InChI=1S/C10H10N2O2/c1-7-9-5-8(10(13)14-2)3-4-12(9)6-11-7/h3-6H,1-2H3. The number of carbonyl (C=O) groups is 1. The first-order valence-electron chi connectivity index (χ1n) is 4.24. The van der Waals surface area contributed by atoms with E-state index in [2.05, 4.69) is 9.72 Å². The van der Waals surface area contributed by atoms with Crippen LogP contribution in [0, 0.1) is 6.92 Å². The summed E-state index contributed by atoms with van der Waals surface area (Å²) < 4.78 is 6.50. The number of hydrogen-bond donors (Lipinski definition) is 0. The molecule has 0 aromatic carbocycles. The van der Waals surface area contributed by atoms with Crippen LogP contribution in [0.5, 0.6) is 0 Å². The molecule has 2 aromatic heterocycles. The number of hydrogen-bond acceptors (Lipinski definition) is 3. The maximum atomic E-state index is 11.2. The van der Waals surface area contributed by atoms with Gasteiger partial charge >= 0.3 is 5.97 Å². The van der Waals surface area contributed by atoms with Crippen molar-refractivity contribution in [3.8, 4) is 0 Å². The Morgan fingerprint density at radius 3 is 3.07 bits per heavy atom. The fourth-order valence-corrected chi connectivity index (χ4v) is 1.36. The summed E-state index contributed by atoms with van der Waals surface area (Å²) >= 11 is 0. The number of aromatic nitrogens is 2. The van der Waals surface area contributed by atoms with Crippen LogP contribution >= 0.6 is 0 Å². The zero-order valence-electron chi connectivity index (χ0n) is 8.02. The van der Waals surface area contributed by atoms with E-state index >= 15 is 0 Å². The van der Waals surface area contributed by atoms with Crippen molar-refractivity contribution in [1.82, 2.24) is 9.38 Å². The molecule has 0 N–H and O–H groups in total. The molecule has 0 aliphatic heterocycles. The van der Waals surface area contributed by atoms with E-state index in [1.807, 2.05) is 11.3 Å². The van der Waals surface area contributed by atoms with Gasteiger partial charge in [0.2, 0.25) is 0 Å². The molecule has 2 heterocycles. The zero-order chi connectivity index (χ0) is 10.1. The minimum Gasteiger partial charge on any atom is -0.465 e. The van der Waals surface area contributed by atoms with E-state index in [1.54, 1.807) is 24.7 Å². The highest BCUT2D eigenvalue weighted by molar-refractivity contribution is 5.90. The molecule has 2 rings (SSSR count). The number of aryl methyl sites for hydroxylation is 1. The fourth-order valence-electron chi connectivity index (χ4n) is 1.36. The minimum atomic E-state index is -0.326. The van der Waals surface area contributed by atoms with Crippen molar-refractivity contribution in [3.63, 3.8) is 0 Å². The summed E-state index contributed by atoms with van der Waals surface area (Å²) in [6, 6.07) is 3.48. The molecule has 2 aromatic rings. The van der Waals surface area contributed by atoms with Crippen molar-refractivity contribution in [2.24, 2.45) is 0 Å². The normalized spacial score (nSPS) is 10.4. The lowest BCUT2D eigenvalue weighted by molar-refractivity contribution is 0.0601. The Labute approximate surface area is 81.1 Å². The molecule has 0 fully saturated rings. The van der Waals surface area contributed by atoms with Crippen LogP contribution in [0.25, 0.3) is 5.52 Å². The van der Waals surface area contributed by atoms with Crippen LogP contribution in [0.3, 0.4) is 0 Å². The topological polar surface area (TPSA) is 43.6 Å². The van der Waals surface area contributed by atoms with Gasteiger partial charge in [0.05, 0.1) is 30.2 Å². The summed E-state index contributed by atoms with van der Waals surface area (Å²) in [5, 5.41) is 0. The predicted octanol–water partition coefficient (Wildman–Crippen LogP) is 1.43. The first kappa shape index (κ1) is 8.74. The third kappa shape index (κ3) is 1.25. The molecule has 0 radical (unpaired) electrons. The van der Waals surface area contributed by atoms with Gasteiger partial charge in [0.1, 0.15) is 0 Å². The van der Waals surface area contributed by atoms with Crippen LogP contribution in [0.1, 0.15) is 16.1 Å². The third-order valence-corrected chi connectivity index (χ3v) is 2.15. The molecule has 0 aliphatic carbocycles. The summed E-state index contributed by atoms with van der Waals surface area (Å²) in [5.74, 6) is -0.326. The average molecular weight is 190 g/mol. The van der Waals surface area contributed by atoms with E-state index in [1.165, 1.54) is 7.11 Å². The van der Waals surface area contributed by atoms with E-state index in [9.17, 15) is 4.79 Å². The van der Waals surface area contributed by atoms with E-state index in [0.717, 1.165) is 11.2 Å². The van der Waals surface area contributed by atoms with Crippen molar-refractivity contribution >= 4 is 11.5 Å². The van der Waals surface area contributed by atoms with Gasteiger partial charge in [-0.1, -0.05) is 0 Å². The molecule has 0 unspecified atom stereocenters. The summed E-state index contributed by atoms with van der Waals surface area (Å²) in [7, 11) is 1.37. The van der Waals surface area contributed by atoms with Crippen molar-refractivity contribution in [1.29, 1.82) is 0 Å². The second-order valence-electron chi connectivity index (χ2n) is 3.03. The number of carbonyl (C=O) groups excluding carboxylic acids is 1. The summed E-state index contributed by atoms with van der Waals surface area (Å²) in [5.41, 5.74) is 2.37. The highest BCUT2D eigenvalue weighted by Gasteiger charge is 2.07. The van der Waals surface area contributed by atoms with Gasteiger partial charge < -0.3 is 9.14 Å². The molecule has 14 heavy (non-hydrogen) atoms. The Kier molecular flexibility index (Phi) is 1.96. The monoisotopic (exact) mass is 190 g/mol. The predicted molar refractivity (Wildman–Crippen MR) is 51.3 cm³/mol. The molecule has 0 atom stereocenters. The van der Waals surface area contributed by atoms with Gasteiger partial charge in [-0.2, -0.15) is 0 Å². The van der Waals surface area contributed by atoms with Gasteiger partial charge in [0, 0.05) is 6.20 Å². The Hall–Kier alpha value is -1.84. The Bertz CT molecular complexity index is 488. The van der Waals surface area contributed by atoms with Crippen LogP contribution in [0.2, 0.25) is 0 Å². The fraction of sp³-hybridized carbons (Fsp3) is 0.200. The number of esters is 1. The van der Waals surface area contributed by atoms with Crippen LogP contribution in [-0.2, 0) is 4.74 Å². The van der Waals surface area contributed by atoms with E-state index in [4.69, 9.17) is 0 Å². The van der Waals surface area contributed by atoms with Crippen LogP contribution in [0.4, 0.5) is 0 Å². The SMILES string of the molecule is COC(=O)c1ccn2cnc(C)c2c1. The third-order valence-electron chi connectivity index (χ3n) is 2.15. The number of methoxy groups -OCH3 is 1. The zero-order valence-corrected chi connectivity index (χ0v) is 8.02. The maximum absolute atomic E-state index is 11.2. The summed E-state index contributed by atoms with van der Waals surface area (Å²) in [6.07, 6.45) is 3.51. The molecule has 72 valence electrons. The molecular weight excluding hydrogens is 180 g/mol. The molecule has 0 saturated heterocycles. The second-order valence-corrected chi connectivity index (χ2v) is 3.03. The quantitative estimate of drug-likeness (QED) is 0.639. The van der Waals surface area contributed by atoms with E-state index in [0.29, 0.717) is 5.56 Å². The Morgan fingerprint density at radius 1 is 1.57 bits per heavy atom. The highest BCUT2D eigenvalue weighted by Crippen LogP contribution is 2.11. The number of pyridine rings is 1. The molecule has 0 bridgehead atoms. The Balaban J connectivity index is 2.60. The molecule has 0 amide bonds. The second kappa shape index (κ2) is 3.14. The van der Waals surface area contributed by atoms with Crippen molar-refractivity contribution in [2.75, 3.05) is 7.11 Å². The number of ether oxygens (including phenoxy) is 1. The lowest BCUT2D eigenvalue weighted by Crippen LogP contribution is -2.01. The molecule has 4 heteroatoms. The highest BCUT2D eigenvalue weighted by atomic mass is 16.5. The first-order chi connectivity index (χ1) is 6.72. The van der Waals surface area contributed by atoms with Crippen LogP contribution in [0.15, 0.2) is 24.7 Å².